The maximum Gasteiger partial charge on any atom is 0.121 e. The second-order valence-electron chi connectivity index (χ2n) is 9.15. The Hall–Kier alpha value is -1.92. The SMILES string of the molecule is CC(C)(CCCOCCCCCCNC[C@H](O)c1ccc(O)c(CO)c1)c1ccccc1. The molecule has 5 heteroatoms. The molecule has 2 aromatic carbocycles. The molecule has 0 aliphatic heterocycles. The van der Waals surface area contributed by atoms with E-state index < -0.39 is 6.10 Å². The average Bonchev–Trinajstić information content (AvgIpc) is 2.80. The van der Waals surface area contributed by atoms with Crippen molar-refractivity contribution >= 4 is 0 Å². The fraction of sp³-hybridized carbons (Fsp3) is 0.556. The fourth-order valence-corrected chi connectivity index (χ4v) is 3.86. The van der Waals surface area contributed by atoms with Crippen molar-refractivity contribution in [3.8, 4) is 5.75 Å². The average molecular weight is 444 g/mol. The third kappa shape index (κ3) is 9.29. The van der Waals surface area contributed by atoms with Gasteiger partial charge in [0.2, 0.25) is 0 Å². The molecule has 0 saturated carbocycles. The van der Waals surface area contributed by atoms with Gasteiger partial charge in [0.1, 0.15) is 5.75 Å². The van der Waals surface area contributed by atoms with Crippen molar-refractivity contribution in [3.63, 3.8) is 0 Å². The summed E-state index contributed by atoms with van der Waals surface area (Å²) in [6.07, 6.45) is 5.99. The number of hydrogen-bond acceptors (Lipinski definition) is 5. The second-order valence-corrected chi connectivity index (χ2v) is 9.15. The molecule has 0 amide bonds. The summed E-state index contributed by atoms with van der Waals surface area (Å²) in [5, 5.41) is 32.3. The zero-order valence-corrected chi connectivity index (χ0v) is 19.7. The highest BCUT2D eigenvalue weighted by molar-refractivity contribution is 5.36. The molecule has 178 valence electrons. The minimum absolute atomic E-state index is 0.0522. The topological polar surface area (TPSA) is 82.0 Å². The molecule has 0 bridgehead atoms. The Bertz CT molecular complexity index is 764. The lowest BCUT2D eigenvalue weighted by Crippen LogP contribution is -2.22. The van der Waals surface area contributed by atoms with Gasteiger partial charge in [-0.25, -0.2) is 0 Å². The number of unbranched alkanes of at least 4 members (excludes halogenated alkanes) is 3. The van der Waals surface area contributed by atoms with Gasteiger partial charge in [0, 0.05) is 25.3 Å². The lowest BCUT2D eigenvalue weighted by atomic mass is 9.81. The van der Waals surface area contributed by atoms with E-state index in [9.17, 15) is 15.3 Å². The van der Waals surface area contributed by atoms with Gasteiger partial charge in [-0.2, -0.15) is 0 Å². The number of hydrogen-bond donors (Lipinski definition) is 4. The van der Waals surface area contributed by atoms with E-state index in [1.807, 2.05) is 0 Å². The minimum Gasteiger partial charge on any atom is -0.508 e. The van der Waals surface area contributed by atoms with Crippen molar-refractivity contribution in [2.75, 3.05) is 26.3 Å². The predicted molar refractivity (Wildman–Crippen MR) is 130 cm³/mol. The lowest BCUT2D eigenvalue weighted by Gasteiger charge is -2.25. The van der Waals surface area contributed by atoms with E-state index in [0.29, 0.717) is 17.7 Å². The molecule has 4 N–H and O–H groups in total. The first-order chi connectivity index (χ1) is 15.4. The smallest absolute Gasteiger partial charge is 0.121 e. The number of ether oxygens (including phenoxy) is 1. The van der Waals surface area contributed by atoms with E-state index in [4.69, 9.17) is 4.74 Å². The standard InChI is InChI=1S/C27H41NO4/c1-27(2,24-11-6-5-7-12-24)15-10-18-32-17-9-4-3-8-16-28-20-26(31)22-13-14-25(30)23(19-22)21-29/h5-7,11-14,19,26,28-31H,3-4,8-10,15-18,20-21H2,1-2H3/t26-/m0/s1. The Morgan fingerprint density at radius 1 is 0.938 bits per heavy atom. The van der Waals surface area contributed by atoms with E-state index >= 15 is 0 Å². The number of aliphatic hydroxyl groups excluding tert-OH is 2. The van der Waals surface area contributed by atoms with Crippen LogP contribution in [-0.2, 0) is 16.8 Å². The molecule has 0 saturated heterocycles. The highest BCUT2D eigenvalue weighted by Crippen LogP contribution is 2.28. The summed E-state index contributed by atoms with van der Waals surface area (Å²) in [6, 6.07) is 15.5. The van der Waals surface area contributed by atoms with Gasteiger partial charge in [0.05, 0.1) is 12.7 Å². The quantitative estimate of drug-likeness (QED) is 0.279. The molecule has 2 rings (SSSR count). The predicted octanol–water partition coefficient (Wildman–Crippen LogP) is 4.84. The lowest BCUT2D eigenvalue weighted by molar-refractivity contribution is 0.122. The van der Waals surface area contributed by atoms with E-state index in [1.54, 1.807) is 12.1 Å². The largest absolute Gasteiger partial charge is 0.508 e. The molecular weight excluding hydrogens is 402 g/mol. The molecule has 0 aliphatic rings. The summed E-state index contributed by atoms with van der Waals surface area (Å²) in [6.45, 7) is 7.32. The van der Waals surface area contributed by atoms with Crippen LogP contribution in [0.15, 0.2) is 48.5 Å². The van der Waals surface area contributed by atoms with Crippen LogP contribution >= 0.6 is 0 Å². The Labute approximate surface area is 193 Å². The van der Waals surface area contributed by atoms with Crippen LogP contribution in [0.3, 0.4) is 0 Å². The van der Waals surface area contributed by atoms with Gasteiger partial charge in [-0.15, -0.1) is 0 Å². The van der Waals surface area contributed by atoms with Crippen LogP contribution in [0.5, 0.6) is 5.75 Å². The third-order valence-corrected chi connectivity index (χ3v) is 6.03. The van der Waals surface area contributed by atoms with Crippen LogP contribution in [0.4, 0.5) is 0 Å². The maximum atomic E-state index is 10.2. The van der Waals surface area contributed by atoms with Gasteiger partial charge < -0.3 is 25.4 Å². The molecule has 0 spiro atoms. The molecular formula is C27H41NO4. The highest BCUT2D eigenvalue weighted by Gasteiger charge is 2.19. The van der Waals surface area contributed by atoms with Crippen LogP contribution in [0.25, 0.3) is 0 Å². The van der Waals surface area contributed by atoms with Gasteiger partial charge in [-0.1, -0.05) is 63.1 Å². The van der Waals surface area contributed by atoms with E-state index in [0.717, 1.165) is 58.3 Å². The minimum atomic E-state index is -0.652. The molecule has 0 radical (unpaired) electrons. The van der Waals surface area contributed by atoms with Crippen LogP contribution < -0.4 is 5.32 Å². The van der Waals surface area contributed by atoms with E-state index in [2.05, 4.69) is 49.5 Å². The first kappa shape index (κ1) is 26.3. The van der Waals surface area contributed by atoms with E-state index in [1.165, 1.54) is 11.6 Å². The van der Waals surface area contributed by atoms with Crippen LogP contribution in [-0.4, -0.2) is 41.6 Å². The number of aliphatic hydroxyl groups is 2. The summed E-state index contributed by atoms with van der Waals surface area (Å²) < 4.78 is 5.82. The Balaban J connectivity index is 1.44. The molecule has 2 aromatic rings. The van der Waals surface area contributed by atoms with Crippen molar-refractivity contribution in [1.82, 2.24) is 5.32 Å². The van der Waals surface area contributed by atoms with Gasteiger partial charge >= 0.3 is 0 Å². The Kier molecular flexibility index (Phi) is 11.7. The Morgan fingerprint density at radius 3 is 2.41 bits per heavy atom. The number of aromatic hydroxyl groups is 1. The van der Waals surface area contributed by atoms with Crippen molar-refractivity contribution < 1.29 is 20.1 Å². The first-order valence-electron chi connectivity index (χ1n) is 11.9. The Morgan fingerprint density at radius 2 is 1.66 bits per heavy atom. The number of nitrogens with one attached hydrogen (secondary N) is 1. The molecule has 0 aliphatic carbocycles. The summed E-state index contributed by atoms with van der Waals surface area (Å²) in [4.78, 5) is 0. The number of phenols is 1. The van der Waals surface area contributed by atoms with Gasteiger partial charge in [0.15, 0.2) is 0 Å². The molecule has 0 fully saturated rings. The fourth-order valence-electron chi connectivity index (χ4n) is 3.86. The monoisotopic (exact) mass is 443 g/mol. The summed E-state index contributed by atoms with van der Waals surface area (Å²) >= 11 is 0. The number of rotatable bonds is 16. The number of benzene rings is 2. The normalized spacial score (nSPS) is 12.8. The summed E-state index contributed by atoms with van der Waals surface area (Å²) in [7, 11) is 0. The van der Waals surface area contributed by atoms with Gasteiger partial charge in [-0.3, -0.25) is 0 Å². The van der Waals surface area contributed by atoms with Gasteiger partial charge in [0.25, 0.3) is 0 Å². The van der Waals surface area contributed by atoms with Gasteiger partial charge in [-0.05, 0) is 60.9 Å². The van der Waals surface area contributed by atoms with E-state index in [-0.39, 0.29) is 17.8 Å². The van der Waals surface area contributed by atoms with Crippen molar-refractivity contribution in [2.24, 2.45) is 0 Å². The maximum absolute atomic E-state index is 10.2. The third-order valence-electron chi connectivity index (χ3n) is 6.03. The summed E-state index contributed by atoms with van der Waals surface area (Å²) in [5.41, 5.74) is 2.71. The van der Waals surface area contributed by atoms with Crippen molar-refractivity contribution in [1.29, 1.82) is 0 Å². The van der Waals surface area contributed by atoms with Crippen LogP contribution in [0.1, 0.15) is 75.2 Å². The van der Waals surface area contributed by atoms with Crippen LogP contribution in [0.2, 0.25) is 0 Å². The molecule has 1 atom stereocenters. The highest BCUT2D eigenvalue weighted by atomic mass is 16.5. The van der Waals surface area contributed by atoms with Crippen LogP contribution in [0, 0.1) is 0 Å². The molecule has 5 nitrogen and oxygen atoms in total. The molecule has 0 aromatic heterocycles. The van der Waals surface area contributed by atoms with Crippen molar-refractivity contribution in [2.45, 2.75) is 70.5 Å². The molecule has 32 heavy (non-hydrogen) atoms. The zero-order chi connectivity index (χ0) is 23.2. The second kappa shape index (κ2) is 14.3. The molecule has 0 unspecified atom stereocenters. The first-order valence-corrected chi connectivity index (χ1v) is 11.9. The zero-order valence-electron chi connectivity index (χ0n) is 19.7. The van der Waals surface area contributed by atoms with Crippen molar-refractivity contribution in [3.05, 3.63) is 65.2 Å². The summed E-state index contributed by atoms with van der Waals surface area (Å²) in [5.74, 6) is 0.0522. The molecule has 0 heterocycles.